The second-order valence-corrected chi connectivity index (χ2v) is 2.56. The topological polar surface area (TPSA) is 0 Å². The quantitative estimate of drug-likeness (QED) is 0.521. The van der Waals surface area contributed by atoms with Gasteiger partial charge in [0.15, 0.2) is 0 Å². The predicted octanol–water partition coefficient (Wildman–Crippen LogP) is 4.83. The van der Waals surface area contributed by atoms with Gasteiger partial charge in [0.05, 0.1) is 0 Å². The molecule has 0 aromatic rings. The summed E-state index contributed by atoms with van der Waals surface area (Å²) in [6.07, 6.45) is 6.88. The van der Waals surface area contributed by atoms with E-state index >= 15 is 0 Å². The highest BCUT2D eigenvalue weighted by molar-refractivity contribution is 4.94. The molecule has 0 unspecified atom stereocenters. The highest BCUT2D eigenvalue weighted by Crippen LogP contribution is 1.93. The van der Waals surface area contributed by atoms with Crippen LogP contribution in [0.3, 0.4) is 0 Å². The summed E-state index contributed by atoms with van der Waals surface area (Å²) in [5.74, 6) is 0.884. The first-order chi connectivity index (χ1) is 5.68. The van der Waals surface area contributed by atoms with Crippen LogP contribution in [-0.2, 0) is 0 Å². The van der Waals surface area contributed by atoms with E-state index in [4.69, 9.17) is 0 Å². The second-order valence-electron chi connectivity index (χ2n) is 2.56. The summed E-state index contributed by atoms with van der Waals surface area (Å²) < 4.78 is 0. The molecule has 0 saturated heterocycles. The van der Waals surface area contributed by atoms with Gasteiger partial charge in [-0.25, -0.2) is 0 Å². The first-order valence-electron chi connectivity index (χ1n) is 4.92. The van der Waals surface area contributed by atoms with Crippen LogP contribution < -0.4 is 0 Å². The van der Waals surface area contributed by atoms with Crippen molar-refractivity contribution in [3.8, 4) is 0 Å². The second kappa shape index (κ2) is 22.4. The molecule has 0 amide bonds. The van der Waals surface area contributed by atoms with Gasteiger partial charge >= 0.3 is 0 Å². The third-order valence-corrected chi connectivity index (χ3v) is 1.15. The van der Waals surface area contributed by atoms with Crippen molar-refractivity contribution in [2.24, 2.45) is 5.92 Å². The van der Waals surface area contributed by atoms with E-state index in [2.05, 4.69) is 27.4 Å². The fourth-order valence-corrected chi connectivity index (χ4v) is 0.136. The minimum atomic E-state index is 0.884. The summed E-state index contributed by atoms with van der Waals surface area (Å²) in [6.45, 7) is 16.1. The van der Waals surface area contributed by atoms with Crippen molar-refractivity contribution in [3.05, 3.63) is 24.8 Å². The van der Waals surface area contributed by atoms with E-state index in [-0.39, 0.29) is 0 Å². The standard InChI is InChI=1S/C5H12.C5H8.C2H6/c1-4-5(2)3;1-3-5-4-2;1-2/h5H,4H2,1-3H3;3-5H,1H2,2H3;1-2H3/b;5-4-;. The molecule has 0 rings (SSSR count). The van der Waals surface area contributed by atoms with Crippen LogP contribution in [-0.4, -0.2) is 0 Å². The van der Waals surface area contributed by atoms with Crippen LogP contribution in [0, 0.1) is 5.92 Å². The Bertz CT molecular complexity index is 78.0. The Balaban J connectivity index is -0.000000112. The summed E-state index contributed by atoms with van der Waals surface area (Å²) in [6, 6.07) is 0. The van der Waals surface area contributed by atoms with E-state index in [0.717, 1.165) is 5.92 Å². The maximum Gasteiger partial charge on any atom is -0.0467 e. The minimum absolute atomic E-state index is 0.884. The Morgan fingerprint density at radius 2 is 1.58 bits per heavy atom. The van der Waals surface area contributed by atoms with Crippen molar-refractivity contribution in [2.45, 2.75) is 48.0 Å². The molecule has 0 saturated carbocycles. The van der Waals surface area contributed by atoms with Crippen LogP contribution in [0.25, 0.3) is 0 Å². The molecule has 0 heteroatoms. The lowest BCUT2D eigenvalue weighted by Crippen LogP contribution is -1.77. The number of rotatable bonds is 2. The number of hydrogen-bond acceptors (Lipinski definition) is 0. The molecule has 0 atom stereocenters. The summed E-state index contributed by atoms with van der Waals surface area (Å²) in [5, 5.41) is 0. The molecule has 12 heavy (non-hydrogen) atoms. The van der Waals surface area contributed by atoms with Crippen molar-refractivity contribution >= 4 is 0 Å². The highest BCUT2D eigenvalue weighted by atomic mass is 13.9. The number of allylic oxidation sites excluding steroid dienone is 3. The predicted molar refractivity (Wildman–Crippen MR) is 61.5 cm³/mol. The molecule has 0 aromatic carbocycles. The molecule has 0 N–H and O–H groups in total. The maximum atomic E-state index is 3.46. The molecular formula is C12H26. The van der Waals surface area contributed by atoms with E-state index in [0.29, 0.717) is 0 Å². The fraction of sp³-hybridized carbons (Fsp3) is 0.667. The van der Waals surface area contributed by atoms with Crippen molar-refractivity contribution in [1.29, 1.82) is 0 Å². The molecule has 0 nitrogen and oxygen atoms in total. The highest BCUT2D eigenvalue weighted by Gasteiger charge is 1.80. The van der Waals surface area contributed by atoms with E-state index in [9.17, 15) is 0 Å². The average molecular weight is 170 g/mol. The van der Waals surface area contributed by atoms with Crippen LogP contribution in [0.4, 0.5) is 0 Å². The Morgan fingerprint density at radius 3 is 1.58 bits per heavy atom. The minimum Gasteiger partial charge on any atom is -0.0991 e. The normalized spacial score (nSPS) is 8.25. The van der Waals surface area contributed by atoms with Crippen LogP contribution in [0.15, 0.2) is 24.8 Å². The Morgan fingerprint density at radius 1 is 1.25 bits per heavy atom. The lowest BCUT2D eigenvalue weighted by molar-refractivity contribution is 0.626. The van der Waals surface area contributed by atoms with Gasteiger partial charge in [-0.1, -0.05) is 65.8 Å². The zero-order valence-electron chi connectivity index (χ0n) is 9.72. The van der Waals surface area contributed by atoms with Gasteiger partial charge in [-0.15, -0.1) is 0 Å². The third kappa shape index (κ3) is 56.3. The molecule has 0 aromatic heterocycles. The average Bonchev–Trinajstić information content (AvgIpc) is 2.10. The SMILES string of the molecule is C=C/C=C\C.CC.CCC(C)C. The first kappa shape index (κ1) is 17.5. The third-order valence-electron chi connectivity index (χ3n) is 1.15. The van der Waals surface area contributed by atoms with Gasteiger partial charge in [-0.2, -0.15) is 0 Å². The first-order valence-corrected chi connectivity index (χ1v) is 4.92. The zero-order valence-corrected chi connectivity index (χ0v) is 9.72. The summed E-state index contributed by atoms with van der Waals surface area (Å²) in [4.78, 5) is 0. The molecule has 0 heterocycles. The van der Waals surface area contributed by atoms with E-state index in [1.807, 2.05) is 32.9 Å². The van der Waals surface area contributed by atoms with Crippen LogP contribution in [0.5, 0.6) is 0 Å². The summed E-state index contributed by atoms with van der Waals surface area (Å²) in [5.41, 5.74) is 0. The monoisotopic (exact) mass is 170 g/mol. The van der Waals surface area contributed by atoms with E-state index < -0.39 is 0 Å². The molecule has 0 bridgehead atoms. The lowest BCUT2D eigenvalue weighted by Gasteiger charge is -1.90. The van der Waals surface area contributed by atoms with Crippen molar-refractivity contribution in [3.63, 3.8) is 0 Å². The van der Waals surface area contributed by atoms with Gasteiger partial charge in [0.25, 0.3) is 0 Å². The van der Waals surface area contributed by atoms with Gasteiger partial charge in [-0.05, 0) is 12.8 Å². The van der Waals surface area contributed by atoms with Crippen molar-refractivity contribution in [2.75, 3.05) is 0 Å². The molecular weight excluding hydrogens is 144 g/mol. The van der Waals surface area contributed by atoms with Gasteiger partial charge in [-0.3, -0.25) is 0 Å². The largest absolute Gasteiger partial charge is 0.0991 e. The fourth-order valence-electron chi connectivity index (χ4n) is 0.136. The molecule has 0 spiro atoms. The molecule has 0 aliphatic carbocycles. The van der Waals surface area contributed by atoms with E-state index in [1.165, 1.54) is 6.42 Å². The van der Waals surface area contributed by atoms with Gasteiger partial charge < -0.3 is 0 Å². The van der Waals surface area contributed by atoms with Crippen LogP contribution in [0.1, 0.15) is 48.0 Å². The lowest BCUT2D eigenvalue weighted by atomic mass is 10.2. The summed E-state index contributed by atoms with van der Waals surface area (Å²) in [7, 11) is 0. The van der Waals surface area contributed by atoms with Crippen LogP contribution in [0.2, 0.25) is 0 Å². The Labute approximate surface area is 79.4 Å². The maximum absolute atomic E-state index is 3.46. The van der Waals surface area contributed by atoms with Gasteiger partial charge in [0, 0.05) is 0 Å². The van der Waals surface area contributed by atoms with E-state index in [1.54, 1.807) is 6.08 Å². The van der Waals surface area contributed by atoms with Crippen molar-refractivity contribution in [1.82, 2.24) is 0 Å². The van der Waals surface area contributed by atoms with Crippen molar-refractivity contribution < 1.29 is 0 Å². The van der Waals surface area contributed by atoms with Gasteiger partial charge in [0.2, 0.25) is 0 Å². The Kier molecular flexibility index (Phi) is 32.8. The molecule has 74 valence electrons. The molecule has 0 aliphatic rings. The van der Waals surface area contributed by atoms with Crippen LogP contribution >= 0.6 is 0 Å². The summed E-state index contributed by atoms with van der Waals surface area (Å²) >= 11 is 0. The molecule has 0 fully saturated rings. The molecule has 0 aliphatic heterocycles. The number of hydrogen-bond donors (Lipinski definition) is 0. The smallest absolute Gasteiger partial charge is 0.0467 e. The molecule has 0 radical (unpaired) electrons. The zero-order chi connectivity index (χ0) is 10.4. The Hall–Kier alpha value is -0.520. The van der Waals surface area contributed by atoms with Gasteiger partial charge in [0.1, 0.15) is 0 Å².